The summed E-state index contributed by atoms with van der Waals surface area (Å²) in [6.07, 6.45) is 1.54. The number of aryl methyl sites for hydroxylation is 1. The van der Waals surface area contributed by atoms with E-state index in [9.17, 15) is 9.59 Å². The predicted molar refractivity (Wildman–Crippen MR) is 109 cm³/mol. The van der Waals surface area contributed by atoms with Gasteiger partial charge < -0.3 is 15.4 Å². The van der Waals surface area contributed by atoms with Gasteiger partial charge in [0, 0.05) is 17.4 Å². The standard InChI is InChI=1S/C22H21N3O3/c1-14-7-6-10-18(15(14)2)25-21(26)16-11-12-23-20(13-16)24-19-9-5-4-8-17(19)22(27)28-3/h4-13H,1-3H3,(H,23,24)(H,25,26). The van der Waals surface area contributed by atoms with Crippen molar-refractivity contribution in [2.75, 3.05) is 17.7 Å². The third-order valence-electron chi connectivity index (χ3n) is 4.47. The zero-order valence-electron chi connectivity index (χ0n) is 15.9. The Morgan fingerprint density at radius 1 is 0.964 bits per heavy atom. The fourth-order valence-electron chi connectivity index (χ4n) is 2.74. The van der Waals surface area contributed by atoms with Gasteiger partial charge in [0.1, 0.15) is 5.82 Å². The molecule has 6 heteroatoms. The number of ether oxygens (including phenoxy) is 1. The molecule has 1 aromatic heterocycles. The van der Waals surface area contributed by atoms with Crippen LogP contribution in [0, 0.1) is 13.8 Å². The van der Waals surface area contributed by atoms with Crippen molar-refractivity contribution in [3.05, 3.63) is 83.0 Å². The summed E-state index contributed by atoms with van der Waals surface area (Å²) in [6, 6.07) is 16.0. The molecule has 0 atom stereocenters. The minimum Gasteiger partial charge on any atom is -0.465 e. The summed E-state index contributed by atoms with van der Waals surface area (Å²) in [5.74, 6) is -0.239. The average molecular weight is 375 g/mol. The number of rotatable bonds is 5. The van der Waals surface area contributed by atoms with Crippen LogP contribution in [-0.2, 0) is 4.74 Å². The summed E-state index contributed by atoms with van der Waals surface area (Å²) >= 11 is 0. The van der Waals surface area contributed by atoms with Crippen molar-refractivity contribution in [2.45, 2.75) is 13.8 Å². The van der Waals surface area contributed by atoms with E-state index in [4.69, 9.17) is 4.74 Å². The smallest absolute Gasteiger partial charge is 0.339 e. The van der Waals surface area contributed by atoms with Gasteiger partial charge in [0.15, 0.2) is 0 Å². The molecular formula is C22H21N3O3. The number of carbonyl (C=O) groups excluding carboxylic acids is 2. The van der Waals surface area contributed by atoms with Crippen LogP contribution in [0.5, 0.6) is 0 Å². The van der Waals surface area contributed by atoms with Crippen LogP contribution in [0.4, 0.5) is 17.2 Å². The maximum atomic E-state index is 12.7. The molecule has 0 spiro atoms. The van der Waals surface area contributed by atoms with Gasteiger partial charge in [-0.15, -0.1) is 0 Å². The van der Waals surface area contributed by atoms with E-state index in [1.54, 1.807) is 42.6 Å². The molecule has 28 heavy (non-hydrogen) atoms. The molecule has 0 radical (unpaired) electrons. The summed E-state index contributed by atoms with van der Waals surface area (Å²) in [5, 5.41) is 6.00. The Hall–Kier alpha value is -3.67. The third kappa shape index (κ3) is 4.17. The number of aromatic nitrogens is 1. The molecule has 0 aliphatic carbocycles. The van der Waals surface area contributed by atoms with Crippen LogP contribution in [0.25, 0.3) is 0 Å². The first-order valence-electron chi connectivity index (χ1n) is 8.77. The molecule has 3 aromatic rings. The van der Waals surface area contributed by atoms with Crippen molar-refractivity contribution in [3.8, 4) is 0 Å². The van der Waals surface area contributed by atoms with Crippen LogP contribution in [0.15, 0.2) is 60.8 Å². The SMILES string of the molecule is COC(=O)c1ccccc1Nc1cc(C(=O)Nc2cccc(C)c2C)ccn1. The van der Waals surface area contributed by atoms with E-state index in [1.165, 1.54) is 7.11 Å². The zero-order chi connectivity index (χ0) is 20.1. The normalized spacial score (nSPS) is 10.2. The Labute approximate surface area is 163 Å². The molecule has 0 fully saturated rings. The van der Waals surface area contributed by atoms with E-state index in [1.807, 2.05) is 32.0 Å². The number of methoxy groups -OCH3 is 1. The maximum absolute atomic E-state index is 12.7. The molecule has 6 nitrogen and oxygen atoms in total. The Morgan fingerprint density at radius 3 is 2.50 bits per heavy atom. The molecule has 142 valence electrons. The summed E-state index contributed by atoms with van der Waals surface area (Å²) in [6.45, 7) is 3.96. The first-order valence-corrected chi connectivity index (χ1v) is 8.77. The van der Waals surface area contributed by atoms with Gasteiger partial charge in [-0.1, -0.05) is 24.3 Å². The molecule has 0 saturated carbocycles. The molecule has 2 aromatic carbocycles. The summed E-state index contributed by atoms with van der Waals surface area (Å²) in [5.41, 5.74) is 4.29. The van der Waals surface area contributed by atoms with Crippen LogP contribution in [0.1, 0.15) is 31.8 Å². The van der Waals surface area contributed by atoms with Gasteiger partial charge in [-0.05, 0) is 55.3 Å². The van der Waals surface area contributed by atoms with E-state index in [0.717, 1.165) is 16.8 Å². The second-order valence-electron chi connectivity index (χ2n) is 6.29. The fourth-order valence-corrected chi connectivity index (χ4v) is 2.74. The van der Waals surface area contributed by atoms with E-state index in [2.05, 4.69) is 15.6 Å². The predicted octanol–water partition coefficient (Wildman–Crippen LogP) is 4.48. The van der Waals surface area contributed by atoms with Gasteiger partial charge in [0.2, 0.25) is 0 Å². The van der Waals surface area contributed by atoms with Crippen molar-refractivity contribution in [3.63, 3.8) is 0 Å². The van der Waals surface area contributed by atoms with Gasteiger partial charge in [-0.3, -0.25) is 4.79 Å². The van der Waals surface area contributed by atoms with E-state index in [0.29, 0.717) is 22.6 Å². The van der Waals surface area contributed by atoms with Crippen molar-refractivity contribution < 1.29 is 14.3 Å². The van der Waals surface area contributed by atoms with Gasteiger partial charge >= 0.3 is 5.97 Å². The zero-order valence-corrected chi connectivity index (χ0v) is 15.9. The fraction of sp³-hybridized carbons (Fsp3) is 0.136. The van der Waals surface area contributed by atoms with E-state index >= 15 is 0 Å². The first kappa shape index (κ1) is 19.1. The number of nitrogens with zero attached hydrogens (tertiary/aromatic N) is 1. The molecule has 1 amide bonds. The number of anilines is 3. The molecular weight excluding hydrogens is 354 g/mol. The minimum absolute atomic E-state index is 0.236. The summed E-state index contributed by atoms with van der Waals surface area (Å²) in [7, 11) is 1.33. The van der Waals surface area contributed by atoms with Gasteiger partial charge in [0.25, 0.3) is 5.91 Å². The second-order valence-corrected chi connectivity index (χ2v) is 6.29. The lowest BCUT2D eigenvalue weighted by atomic mass is 10.1. The van der Waals surface area contributed by atoms with Crippen molar-refractivity contribution in [1.82, 2.24) is 4.98 Å². The van der Waals surface area contributed by atoms with Crippen LogP contribution < -0.4 is 10.6 Å². The third-order valence-corrected chi connectivity index (χ3v) is 4.47. The molecule has 2 N–H and O–H groups in total. The molecule has 0 aliphatic heterocycles. The summed E-state index contributed by atoms with van der Waals surface area (Å²) in [4.78, 5) is 28.8. The monoisotopic (exact) mass is 375 g/mol. The number of carbonyl (C=O) groups is 2. The van der Waals surface area contributed by atoms with Crippen LogP contribution in [0.2, 0.25) is 0 Å². The minimum atomic E-state index is -0.452. The molecule has 0 aliphatic rings. The molecule has 0 unspecified atom stereocenters. The molecule has 0 bridgehead atoms. The van der Waals surface area contributed by atoms with Crippen molar-refractivity contribution >= 4 is 29.1 Å². The highest BCUT2D eigenvalue weighted by atomic mass is 16.5. The lowest BCUT2D eigenvalue weighted by molar-refractivity contribution is 0.0601. The Bertz CT molecular complexity index is 1030. The number of hydrogen-bond donors (Lipinski definition) is 2. The lowest BCUT2D eigenvalue weighted by Crippen LogP contribution is -2.13. The number of nitrogens with one attached hydrogen (secondary N) is 2. The van der Waals surface area contributed by atoms with E-state index in [-0.39, 0.29) is 5.91 Å². The van der Waals surface area contributed by atoms with Crippen molar-refractivity contribution in [1.29, 1.82) is 0 Å². The van der Waals surface area contributed by atoms with Crippen LogP contribution >= 0.6 is 0 Å². The molecule has 3 rings (SSSR count). The number of para-hydroxylation sites is 1. The quantitative estimate of drug-likeness (QED) is 0.643. The molecule has 1 heterocycles. The topological polar surface area (TPSA) is 80.3 Å². The first-order chi connectivity index (χ1) is 13.5. The number of esters is 1. The number of hydrogen-bond acceptors (Lipinski definition) is 5. The largest absolute Gasteiger partial charge is 0.465 e. The highest BCUT2D eigenvalue weighted by Crippen LogP contribution is 2.22. The maximum Gasteiger partial charge on any atom is 0.339 e. The van der Waals surface area contributed by atoms with Crippen LogP contribution in [0.3, 0.4) is 0 Å². The van der Waals surface area contributed by atoms with Crippen molar-refractivity contribution in [2.24, 2.45) is 0 Å². The highest BCUT2D eigenvalue weighted by Gasteiger charge is 2.13. The summed E-state index contributed by atoms with van der Waals surface area (Å²) < 4.78 is 4.80. The number of benzene rings is 2. The van der Waals surface area contributed by atoms with Gasteiger partial charge in [0.05, 0.1) is 18.4 Å². The Kier molecular flexibility index (Phi) is 5.69. The molecule has 0 saturated heterocycles. The number of pyridine rings is 1. The second kappa shape index (κ2) is 8.35. The van der Waals surface area contributed by atoms with E-state index < -0.39 is 5.97 Å². The van der Waals surface area contributed by atoms with Gasteiger partial charge in [-0.2, -0.15) is 0 Å². The highest BCUT2D eigenvalue weighted by molar-refractivity contribution is 6.05. The average Bonchev–Trinajstić information content (AvgIpc) is 2.71. The Balaban J connectivity index is 1.82. The van der Waals surface area contributed by atoms with Crippen LogP contribution in [-0.4, -0.2) is 24.0 Å². The Morgan fingerprint density at radius 2 is 1.71 bits per heavy atom. The van der Waals surface area contributed by atoms with Gasteiger partial charge in [-0.25, -0.2) is 9.78 Å². The lowest BCUT2D eigenvalue weighted by Gasteiger charge is -2.12. The number of amides is 1.